The van der Waals surface area contributed by atoms with Crippen LogP contribution < -0.4 is 5.32 Å². The minimum atomic E-state index is -0.743. The van der Waals surface area contributed by atoms with Crippen molar-refractivity contribution in [2.75, 3.05) is 7.11 Å². The Morgan fingerprint density at radius 3 is 2.45 bits per heavy atom. The van der Waals surface area contributed by atoms with Crippen LogP contribution in [0.4, 0.5) is 5.69 Å². The second-order valence-corrected chi connectivity index (χ2v) is 5.44. The number of aryl methyl sites for hydroxylation is 1. The number of non-ortho nitro benzene ring substituents is 1. The average Bonchev–Trinajstić information content (AvgIpc) is 2.44. The molecule has 7 nitrogen and oxygen atoms in total. The molecule has 0 radical (unpaired) electrons. The van der Waals surface area contributed by atoms with Gasteiger partial charge in [-0.05, 0) is 30.9 Å². The van der Waals surface area contributed by atoms with Gasteiger partial charge in [0.05, 0.1) is 12.0 Å². The minimum absolute atomic E-state index is 0.0826. The zero-order valence-corrected chi connectivity index (χ0v) is 13.1. The first kappa shape index (κ1) is 17.6. The van der Waals surface area contributed by atoms with Crippen LogP contribution >= 0.6 is 0 Å². The molecular formula is C15H20N2O5. The van der Waals surface area contributed by atoms with Gasteiger partial charge in [-0.3, -0.25) is 14.9 Å². The molecule has 0 saturated carbocycles. The van der Waals surface area contributed by atoms with Crippen LogP contribution in [0, 0.1) is 23.0 Å². The molecule has 0 spiro atoms. The molecule has 1 aromatic rings. The van der Waals surface area contributed by atoms with Crippen molar-refractivity contribution >= 4 is 17.6 Å². The van der Waals surface area contributed by atoms with Crippen LogP contribution in [-0.4, -0.2) is 30.0 Å². The summed E-state index contributed by atoms with van der Waals surface area (Å²) >= 11 is 0. The molecule has 0 saturated heterocycles. The number of hydrogen-bond acceptors (Lipinski definition) is 5. The Balaban J connectivity index is 2.94. The summed E-state index contributed by atoms with van der Waals surface area (Å²) in [6.45, 7) is 5.47. The lowest BCUT2D eigenvalue weighted by molar-refractivity contribution is -0.384. The fourth-order valence-corrected chi connectivity index (χ4v) is 2.08. The molecule has 1 rings (SSSR count). The van der Waals surface area contributed by atoms with Gasteiger partial charge in [0.2, 0.25) is 0 Å². The molecule has 0 aliphatic rings. The molecule has 0 aliphatic heterocycles. The molecule has 0 aliphatic carbocycles. The van der Waals surface area contributed by atoms with E-state index in [2.05, 4.69) is 10.1 Å². The Bertz CT molecular complexity index is 583. The SMILES string of the molecule is COC(=O)C(CC(C)C)NC(=O)c1ccc([N+](=O)[O-])cc1C. The van der Waals surface area contributed by atoms with Crippen molar-refractivity contribution in [2.45, 2.75) is 33.2 Å². The zero-order chi connectivity index (χ0) is 16.9. The van der Waals surface area contributed by atoms with Gasteiger partial charge in [-0.1, -0.05) is 13.8 Å². The molecule has 1 unspecified atom stereocenters. The lowest BCUT2D eigenvalue weighted by Gasteiger charge is -2.18. The quantitative estimate of drug-likeness (QED) is 0.493. The maximum atomic E-state index is 12.3. The van der Waals surface area contributed by atoms with Gasteiger partial charge in [-0.15, -0.1) is 0 Å². The Kier molecular flexibility index (Phi) is 6.03. The summed E-state index contributed by atoms with van der Waals surface area (Å²) in [5.41, 5.74) is 0.684. The summed E-state index contributed by atoms with van der Waals surface area (Å²) in [4.78, 5) is 34.2. The van der Waals surface area contributed by atoms with Crippen LogP contribution in [0.5, 0.6) is 0 Å². The Hall–Kier alpha value is -2.44. The molecule has 0 bridgehead atoms. The largest absolute Gasteiger partial charge is 0.467 e. The molecule has 120 valence electrons. The first-order valence-corrected chi connectivity index (χ1v) is 6.90. The molecule has 0 fully saturated rings. The van der Waals surface area contributed by atoms with E-state index < -0.39 is 22.8 Å². The molecule has 22 heavy (non-hydrogen) atoms. The van der Waals surface area contributed by atoms with Gasteiger partial charge in [0.1, 0.15) is 6.04 Å². The van der Waals surface area contributed by atoms with Crippen molar-refractivity contribution in [1.82, 2.24) is 5.32 Å². The zero-order valence-electron chi connectivity index (χ0n) is 13.1. The molecule has 1 N–H and O–H groups in total. The first-order chi connectivity index (χ1) is 10.3. The summed E-state index contributed by atoms with van der Waals surface area (Å²) in [5.74, 6) is -0.771. The molecule has 1 amide bonds. The van der Waals surface area contributed by atoms with E-state index in [1.54, 1.807) is 6.92 Å². The highest BCUT2D eigenvalue weighted by Gasteiger charge is 2.24. The smallest absolute Gasteiger partial charge is 0.328 e. The van der Waals surface area contributed by atoms with E-state index in [0.29, 0.717) is 17.5 Å². The topological polar surface area (TPSA) is 98.5 Å². The van der Waals surface area contributed by atoms with E-state index >= 15 is 0 Å². The van der Waals surface area contributed by atoms with Crippen LogP contribution in [-0.2, 0) is 9.53 Å². The van der Waals surface area contributed by atoms with E-state index in [4.69, 9.17) is 0 Å². The lowest BCUT2D eigenvalue weighted by atomic mass is 10.0. The summed E-state index contributed by atoms with van der Waals surface area (Å²) < 4.78 is 4.69. The van der Waals surface area contributed by atoms with Gasteiger partial charge in [0.15, 0.2) is 0 Å². The van der Waals surface area contributed by atoms with Gasteiger partial charge in [-0.2, -0.15) is 0 Å². The van der Waals surface area contributed by atoms with E-state index in [9.17, 15) is 19.7 Å². The van der Waals surface area contributed by atoms with Crippen molar-refractivity contribution in [3.63, 3.8) is 0 Å². The fraction of sp³-hybridized carbons (Fsp3) is 0.467. The van der Waals surface area contributed by atoms with E-state index in [1.807, 2.05) is 13.8 Å². The predicted molar refractivity (Wildman–Crippen MR) is 80.6 cm³/mol. The number of carbonyl (C=O) groups is 2. The lowest BCUT2D eigenvalue weighted by Crippen LogP contribution is -2.42. The van der Waals surface area contributed by atoms with Crippen molar-refractivity contribution < 1.29 is 19.2 Å². The highest BCUT2D eigenvalue weighted by molar-refractivity contribution is 5.98. The number of nitro groups is 1. The second kappa shape index (κ2) is 7.53. The fourth-order valence-electron chi connectivity index (χ4n) is 2.08. The number of methoxy groups -OCH3 is 1. The summed E-state index contributed by atoms with van der Waals surface area (Å²) in [6.07, 6.45) is 0.449. The van der Waals surface area contributed by atoms with Crippen molar-refractivity contribution in [3.8, 4) is 0 Å². The number of esters is 1. The maximum absolute atomic E-state index is 12.3. The second-order valence-electron chi connectivity index (χ2n) is 5.44. The van der Waals surface area contributed by atoms with Crippen molar-refractivity contribution in [1.29, 1.82) is 0 Å². The number of benzene rings is 1. The van der Waals surface area contributed by atoms with Crippen molar-refractivity contribution in [2.24, 2.45) is 5.92 Å². The number of hydrogen-bond donors (Lipinski definition) is 1. The number of nitrogens with zero attached hydrogens (tertiary/aromatic N) is 1. The predicted octanol–water partition coefficient (Wildman–Crippen LogP) is 2.22. The highest BCUT2D eigenvalue weighted by atomic mass is 16.6. The first-order valence-electron chi connectivity index (χ1n) is 6.90. The Labute approximate surface area is 128 Å². The maximum Gasteiger partial charge on any atom is 0.328 e. The van der Waals surface area contributed by atoms with Gasteiger partial charge in [-0.25, -0.2) is 4.79 Å². The normalized spacial score (nSPS) is 11.9. The van der Waals surface area contributed by atoms with Crippen LogP contribution in [0.25, 0.3) is 0 Å². The van der Waals surface area contributed by atoms with E-state index in [0.717, 1.165) is 0 Å². The van der Waals surface area contributed by atoms with Gasteiger partial charge < -0.3 is 10.1 Å². The van der Waals surface area contributed by atoms with E-state index in [1.165, 1.54) is 25.3 Å². The van der Waals surface area contributed by atoms with Crippen LogP contribution in [0.3, 0.4) is 0 Å². The standard InChI is InChI=1S/C15H20N2O5/c1-9(2)7-13(15(19)22-4)16-14(18)12-6-5-11(17(20)21)8-10(12)3/h5-6,8-9,13H,7H2,1-4H3,(H,16,18). The molecule has 1 aromatic carbocycles. The van der Waals surface area contributed by atoms with Crippen LogP contribution in [0.2, 0.25) is 0 Å². The van der Waals surface area contributed by atoms with Crippen molar-refractivity contribution in [3.05, 3.63) is 39.4 Å². The number of carbonyl (C=O) groups excluding carboxylic acids is 2. The molecule has 0 heterocycles. The van der Waals surface area contributed by atoms with E-state index in [-0.39, 0.29) is 11.6 Å². The third kappa shape index (κ3) is 4.54. The van der Waals surface area contributed by atoms with Gasteiger partial charge >= 0.3 is 5.97 Å². The number of nitrogens with one attached hydrogen (secondary N) is 1. The monoisotopic (exact) mass is 308 g/mol. The van der Waals surface area contributed by atoms with Gasteiger partial charge in [0.25, 0.3) is 11.6 Å². The van der Waals surface area contributed by atoms with Crippen LogP contribution in [0.15, 0.2) is 18.2 Å². The van der Waals surface area contributed by atoms with Crippen LogP contribution in [0.1, 0.15) is 36.2 Å². The minimum Gasteiger partial charge on any atom is -0.467 e. The third-order valence-corrected chi connectivity index (χ3v) is 3.16. The summed E-state index contributed by atoms with van der Waals surface area (Å²) in [6, 6.07) is 3.22. The Morgan fingerprint density at radius 1 is 1.36 bits per heavy atom. The van der Waals surface area contributed by atoms with Gasteiger partial charge in [0, 0.05) is 17.7 Å². The highest BCUT2D eigenvalue weighted by Crippen LogP contribution is 2.17. The molecule has 7 heteroatoms. The Morgan fingerprint density at radius 2 is 2.00 bits per heavy atom. The summed E-state index contributed by atoms with van der Waals surface area (Å²) in [5, 5.41) is 13.3. The summed E-state index contributed by atoms with van der Waals surface area (Å²) in [7, 11) is 1.26. The third-order valence-electron chi connectivity index (χ3n) is 3.16. The number of nitro benzene ring substituents is 1. The number of ether oxygens (including phenoxy) is 1. The average molecular weight is 308 g/mol. The molecule has 0 aromatic heterocycles. The number of rotatable bonds is 6. The molecule has 1 atom stereocenters. The number of amides is 1. The molecular weight excluding hydrogens is 288 g/mol.